The van der Waals surface area contributed by atoms with Crippen molar-refractivity contribution in [3.05, 3.63) is 35.4 Å². The van der Waals surface area contributed by atoms with E-state index < -0.39 is 0 Å². The smallest absolute Gasteiger partial charge is 0.256 e. The third-order valence-corrected chi connectivity index (χ3v) is 2.92. The van der Waals surface area contributed by atoms with Crippen molar-refractivity contribution in [3.8, 4) is 0 Å². The minimum Gasteiger partial charge on any atom is -0.355 e. The van der Waals surface area contributed by atoms with Crippen LogP contribution < -0.4 is 10.6 Å². The molecule has 4 nitrogen and oxygen atoms in total. The van der Waals surface area contributed by atoms with E-state index in [2.05, 4.69) is 10.6 Å². The molecule has 1 rings (SSSR count). The molecule has 94 valence electrons. The van der Waals surface area contributed by atoms with E-state index >= 15 is 0 Å². The zero-order valence-electron chi connectivity index (χ0n) is 9.94. The van der Waals surface area contributed by atoms with Crippen LogP contribution in [0.4, 0.5) is 0 Å². The van der Waals surface area contributed by atoms with Crippen LogP contribution in [0.5, 0.6) is 0 Å². The third kappa shape index (κ3) is 3.68. The molecule has 0 saturated carbocycles. The number of carbonyl (C=O) groups excluding carboxylic acids is 2. The maximum Gasteiger partial charge on any atom is 0.256 e. The first kappa shape index (κ1) is 14.4. The van der Waals surface area contributed by atoms with Crippen molar-refractivity contribution < 1.29 is 9.59 Å². The Hall–Kier alpha value is -1.66. The van der Waals surface area contributed by atoms with Crippen LogP contribution in [-0.2, 0) is 0 Å². The van der Waals surface area contributed by atoms with Crippen molar-refractivity contribution >= 4 is 46.1 Å². The SMILES string of the molecule is CNC(=O)c1ccc(C(=O)NC(=S)C(C)=S)cc1. The van der Waals surface area contributed by atoms with Crippen LogP contribution in [0.25, 0.3) is 0 Å². The fraction of sp³-hybridized carbons (Fsp3) is 0.167. The van der Waals surface area contributed by atoms with Crippen LogP contribution in [0.15, 0.2) is 24.3 Å². The summed E-state index contributed by atoms with van der Waals surface area (Å²) < 4.78 is 0. The summed E-state index contributed by atoms with van der Waals surface area (Å²) in [5.74, 6) is -0.542. The Labute approximate surface area is 116 Å². The van der Waals surface area contributed by atoms with Crippen molar-refractivity contribution in [1.82, 2.24) is 10.6 Å². The molecule has 6 heteroatoms. The molecule has 0 saturated heterocycles. The second-order valence-electron chi connectivity index (χ2n) is 3.50. The predicted molar refractivity (Wildman–Crippen MR) is 78.2 cm³/mol. The molecule has 0 unspecified atom stereocenters. The van der Waals surface area contributed by atoms with Crippen molar-refractivity contribution in [2.24, 2.45) is 0 Å². The predicted octanol–water partition coefficient (Wildman–Crippen LogP) is 1.49. The van der Waals surface area contributed by atoms with Gasteiger partial charge in [-0.2, -0.15) is 0 Å². The number of hydrogen-bond acceptors (Lipinski definition) is 4. The highest BCUT2D eigenvalue weighted by Gasteiger charge is 2.10. The highest BCUT2D eigenvalue weighted by Crippen LogP contribution is 2.04. The number of amides is 2. The van der Waals surface area contributed by atoms with Crippen molar-refractivity contribution in [1.29, 1.82) is 0 Å². The van der Waals surface area contributed by atoms with E-state index in [0.717, 1.165) is 0 Å². The molecule has 0 radical (unpaired) electrons. The van der Waals surface area contributed by atoms with Crippen molar-refractivity contribution in [2.45, 2.75) is 6.92 Å². The number of carbonyl (C=O) groups is 2. The summed E-state index contributed by atoms with van der Waals surface area (Å²) in [6, 6.07) is 6.25. The van der Waals surface area contributed by atoms with Crippen molar-refractivity contribution in [3.63, 3.8) is 0 Å². The minimum atomic E-state index is -0.340. The molecule has 18 heavy (non-hydrogen) atoms. The van der Waals surface area contributed by atoms with Crippen LogP contribution in [-0.4, -0.2) is 28.7 Å². The number of nitrogens with one attached hydrogen (secondary N) is 2. The summed E-state index contributed by atoms with van der Waals surface area (Å²) in [7, 11) is 1.55. The van der Waals surface area contributed by atoms with Gasteiger partial charge < -0.3 is 10.6 Å². The van der Waals surface area contributed by atoms with Gasteiger partial charge in [-0.15, -0.1) is 0 Å². The summed E-state index contributed by atoms with van der Waals surface area (Å²) in [4.78, 5) is 23.8. The minimum absolute atomic E-state index is 0.202. The lowest BCUT2D eigenvalue weighted by molar-refractivity contribution is 0.0956. The van der Waals surface area contributed by atoms with Crippen molar-refractivity contribution in [2.75, 3.05) is 7.05 Å². The van der Waals surface area contributed by atoms with Crippen LogP contribution in [0.3, 0.4) is 0 Å². The summed E-state index contributed by atoms with van der Waals surface area (Å²) >= 11 is 9.75. The summed E-state index contributed by atoms with van der Waals surface area (Å²) in [5.41, 5.74) is 0.906. The summed E-state index contributed by atoms with van der Waals surface area (Å²) in [5, 5.41) is 5.01. The van der Waals surface area contributed by atoms with E-state index in [0.29, 0.717) is 16.0 Å². The van der Waals surface area contributed by atoms with Gasteiger partial charge in [-0.3, -0.25) is 9.59 Å². The first-order chi connectivity index (χ1) is 8.45. The Kier molecular flexibility index (Phi) is 5.06. The summed E-state index contributed by atoms with van der Waals surface area (Å²) in [6.07, 6.45) is 0. The van der Waals surface area contributed by atoms with E-state index in [4.69, 9.17) is 24.4 Å². The topological polar surface area (TPSA) is 58.2 Å². The molecule has 0 aliphatic rings. The molecule has 0 aliphatic heterocycles. The van der Waals surface area contributed by atoms with Crippen LogP contribution in [0.2, 0.25) is 0 Å². The van der Waals surface area contributed by atoms with Gasteiger partial charge in [0.15, 0.2) is 0 Å². The van der Waals surface area contributed by atoms with Crippen LogP contribution >= 0.6 is 24.4 Å². The highest BCUT2D eigenvalue weighted by atomic mass is 32.1. The maximum absolute atomic E-state index is 11.8. The van der Waals surface area contributed by atoms with Gasteiger partial charge in [-0.1, -0.05) is 24.4 Å². The molecule has 0 heterocycles. The molecule has 0 fully saturated rings. The molecule has 2 amide bonds. The van der Waals surface area contributed by atoms with E-state index in [-0.39, 0.29) is 16.8 Å². The molecule has 0 aromatic heterocycles. The van der Waals surface area contributed by atoms with Crippen LogP contribution in [0.1, 0.15) is 27.6 Å². The molecule has 0 spiro atoms. The van der Waals surface area contributed by atoms with E-state index in [9.17, 15) is 9.59 Å². The fourth-order valence-corrected chi connectivity index (χ4v) is 1.32. The van der Waals surface area contributed by atoms with Crippen LogP contribution in [0, 0.1) is 0 Å². The van der Waals surface area contributed by atoms with Gasteiger partial charge in [0.25, 0.3) is 11.8 Å². The Morgan fingerprint density at radius 3 is 1.83 bits per heavy atom. The van der Waals surface area contributed by atoms with Gasteiger partial charge >= 0.3 is 0 Å². The van der Waals surface area contributed by atoms with Gasteiger partial charge in [0.1, 0.15) is 4.99 Å². The lowest BCUT2D eigenvalue weighted by atomic mass is 10.1. The number of hydrogen-bond donors (Lipinski definition) is 2. The zero-order valence-corrected chi connectivity index (χ0v) is 11.6. The third-order valence-electron chi connectivity index (χ3n) is 2.18. The number of rotatable bonds is 3. The maximum atomic E-state index is 11.8. The molecule has 2 N–H and O–H groups in total. The van der Waals surface area contributed by atoms with Gasteiger partial charge in [0.05, 0.1) is 0 Å². The molecule has 0 aliphatic carbocycles. The van der Waals surface area contributed by atoms with Gasteiger partial charge in [0.2, 0.25) is 0 Å². The van der Waals surface area contributed by atoms with Gasteiger partial charge in [-0.25, -0.2) is 0 Å². The Balaban J connectivity index is 2.79. The van der Waals surface area contributed by atoms with E-state index in [1.165, 1.54) is 0 Å². The molecule has 1 aromatic rings. The average molecular weight is 280 g/mol. The van der Waals surface area contributed by atoms with Gasteiger partial charge in [-0.05, 0) is 31.2 Å². The average Bonchev–Trinajstić information content (AvgIpc) is 2.37. The van der Waals surface area contributed by atoms with E-state index in [1.807, 2.05) is 0 Å². The first-order valence-electron chi connectivity index (χ1n) is 5.14. The molecule has 1 aromatic carbocycles. The fourth-order valence-electron chi connectivity index (χ4n) is 1.18. The number of thiocarbonyl (C=S) groups is 2. The quantitative estimate of drug-likeness (QED) is 0.824. The summed E-state index contributed by atoms with van der Waals surface area (Å²) in [6.45, 7) is 1.65. The Morgan fingerprint density at radius 1 is 1.00 bits per heavy atom. The zero-order chi connectivity index (χ0) is 13.7. The largest absolute Gasteiger partial charge is 0.355 e. The Morgan fingerprint density at radius 2 is 1.44 bits per heavy atom. The molecule has 0 atom stereocenters. The molecule has 0 bridgehead atoms. The van der Waals surface area contributed by atoms with Gasteiger partial charge in [0, 0.05) is 23.0 Å². The van der Waals surface area contributed by atoms with E-state index in [1.54, 1.807) is 38.2 Å². The standard InChI is InChI=1S/C12H12N2O2S2/c1-7(17)12(18)14-11(16)9-5-3-8(4-6-9)10(15)13-2/h3-6H,1-2H3,(H,13,15)(H,14,16,18). The molecular weight excluding hydrogens is 268 g/mol. The lowest BCUT2D eigenvalue weighted by Crippen LogP contribution is -2.32. The second kappa shape index (κ2) is 6.32. The molecular formula is C12H12N2O2S2. The first-order valence-corrected chi connectivity index (χ1v) is 5.95. The Bertz CT molecular complexity index is 509. The number of benzene rings is 1. The highest BCUT2D eigenvalue weighted by molar-refractivity contribution is 7.89. The normalized spacial score (nSPS) is 9.44. The lowest BCUT2D eigenvalue weighted by Gasteiger charge is -2.06. The second-order valence-corrected chi connectivity index (χ2v) is 4.52. The monoisotopic (exact) mass is 280 g/mol.